The van der Waals surface area contributed by atoms with Crippen LogP contribution in [0.15, 0.2) is 22.0 Å². The number of hydrogen-bond donors (Lipinski definition) is 0. The average Bonchev–Trinajstić information content (AvgIpc) is 2.43. The van der Waals surface area contributed by atoms with Gasteiger partial charge < -0.3 is 0 Å². The van der Waals surface area contributed by atoms with E-state index in [-0.39, 0.29) is 0 Å². The number of rotatable bonds is 1. The van der Waals surface area contributed by atoms with Gasteiger partial charge in [0, 0.05) is 10.6 Å². The van der Waals surface area contributed by atoms with Gasteiger partial charge >= 0.3 is 0 Å². The second kappa shape index (κ2) is 3.60. The Hall–Kier alpha value is -0.0500. The van der Waals surface area contributed by atoms with E-state index in [0.717, 1.165) is 0 Å². The van der Waals surface area contributed by atoms with Crippen molar-refractivity contribution in [1.82, 2.24) is 0 Å². The van der Waals surface area contributed by atoms with Crippen molar-refractivity contribution in [2.24, 2.45) is 0 Å². The molecular weight excluding hydrogens is 268 g/mol. The van der Waals surface area contributed by atoms with Crippen LogP contribution in [0.25, 0.3) is 10.1 Å². The maximum Gasteiger partial charge on any atom is 0.0711 e. The van der Waals surface area contributed by atoms with Gasteiger partial charge in [0.15, 0.2) is 0 Å². The lowest BCUT2D eigenvalue weighted by molar-refractivity contribution is 1.40. The highest BCUT2D eigenvalue weighted by molar-refractivity contribution is 9.11. The van der Waals surface area contributed by atoms with Gasteiger partial charge in [-0.3, -0.25) is 0 Å². The predicted octanol–water partition coefficient (Wildman–Crippen LogP) is 4.71. The van der Waals surface area contributed by atoms with Crippen molar-refractivity contribution in [1.29, 1.82) is 0 Å². The van der Waals surface area contributed by atoms with Gasteiger partial charge in [-0.1, -0.05) is 6.07 Å². The van der Waals surface area contributed by atoms with Gasteiger partial charge in [-0.05, 0) is 51.5 Å². The lowest BCUT2D eigenvalue weighted by Crippen LogP contribution is -1.80. The van der Waals surface area contributed by atoms with Gasteiger partial charge in [0.05, 0.1) is 3.79 Å². The van der Waals surface area contributed by atoms with E-state index in [1.54, 1.807) is 11.3 Å². The molecule has 1 aromatic carbocycles. The monoisotopic (exact) mass is 274 g/mol. The normalized spacial score (nSPS) is 11.0. The van der Waals surface area contributed by atoms with Crippen molar-refractivity contribution in [2.45, 2.75) is 12.8 Å². The van der Waals surface area contributed by atoms with Crippen LogP contribution in [-0.2, 0) is 5.88 Å². The highest BCUT2D eigenvalue weighted by Gasteiger charge is 2.04. The summed E-state index contributed by atoms with van der Waals surface area (Å²) in [5, 5.41) is 1.28. The number of halogens is 2. The molecule has 2 aromatic rings. The van der Waals surface area contributed by atoms with E-state index < -0.39 is 0 Å². The molecule has 0 radical (unpaired) electrons. The zero-order valence-corrected chi connectivity index (χ0v) is 10.3. The molecule has 0 aliphatic heterocycles. The number of alkyl halides is 1. The minimum absolute atomic E-state index is 0.585. The van der Waals surface area contributed by atoms with Crippen LogP contribution in [0.3, 0.4) is 0 Å². The smallest absolute Gasteiger partial charge is 0.0711 e. The first-order chi connectivity index (χ1) is 6.20. The molecule has 3 heteroatoms. The summed E-state index contributed by atoms with van der Waals surface area (Å²) < 4.78 is 2.47. The molecule has 0 spiro atoms. The Kier molecular flexibility index (Phi) is 2.63. The number of thiophene rings is 1. The third-order valence-electron chi connectivity index (χ3n) is 1.98. The summed E-state index contributed by atoms with van der Waals surface area (Å²) in [4.78, 5) is 0. The third kappa shape index (κ3) is 1.76. The first kappa shape index (κ1) is 9.50. The summed E-state index contributed by atoms with van der Waals surface area (Å²) in [5.74, 6) is 0.585. The molecule has 0 atom stereocenters. The van der Waals surface area contributed by atoms with Crippen LogP contribution < -0.4 is 0 Å². The fourth-order valence-electron chi connectivity index (χ4n) is 1.44. The van der Waals surface area contributed by atoms with Crippen LogP contribution in [0.2, 0.25) is 0 Å². The largest absolute Gasteiger partial charge is 0.128 e. The van der Waals surface area contributed by atoms with Crippen molar-refractivity contribution in [2.75, 3.05) is 0 Å². The SMILES string of the molecule is Cc1cc(CCl)c2cc(Br)sc2c1. The molecule has 13 heavy (non-hydrogen) atoms. The number of hydrogen-bond acceptors (Lipinski definition) is 1. The molecule has 1 heterocycles. The molecule has 0 nitrogen and oxygen atoms in total. The topological polar surface area (TPSA) is 0 Å². The Morgan fingerprint density at radius 3 is 2.85 bits per heavy atom. The summed E-state index contributed by atoms with van der Waals surface area (Å²) >= 11 is 11.1. The highest BCUT2D eigenvalue weighted by atomic mass is 79.9. The van der Waals surface area contributed by atoms with Gasteiger partial charge in [-0.25, -0.2) is 0 Å². The molecule has 2 rings (SSSR count). The average molecular weight is 276 g/mol. The fourth-order valence-corrected chi connectivity index (χ4v) is 3.35. The molecule has 0 aliphatic carbocycles. The summed E-state index contributed by atoms with van der Waals surface area (Å²) in [6, 6.07) is 6.48. The zero-order valence-electron chi connectivity index (χ0n) is 7.10. The Morgan fingerprint density at radius 1 is 1.38 bits per heavy atom. The van der Waals surface area contributed by atoms with Crippen LogP contribution in [0.4, 0.5) is 0 Å². The number of benzene rings is 1. The summed E-state index contributed by atoms with van der Waals surface area (Å²) in [6.45, 7) is 2.10. The standard InChI is InChI=1S/C10H8BrClS/c1-6-2-7(5-12)8-4-10(11)13-9(8)3-6/h2-4H,5H2,1H3. The lowest BCUT2D eigenvalue weighted by atomic mass is 10.1. The van der Waals surface area contributed by atoms with Crippen LogP contribution in [0, 0.1) is 6.92 Å². The maximum atomic E-state index is 5.88. The van der Waals surface area contributed by atoms with E-state index in [4.69, 9.17) is 11.6 Å². The first-order valence-electron chi connectivity index (χ1n) is 3.95. The minimum Gasteiger partial charge on any atom is -0.128 e. The zero-order chi connectivity index (χ0) is 9.42. The van der Waals surface area contributed by atoms with Crippen LogP contribution >= 0.6 is 38.9 Å². The quantitative estimate of drug-likeness (QED) is 0.661. The summed E-state index contributed by atoms with van der Waals surface area (Å²) in [5.41, 5.74) is 2.50. The van der Waals surface area contributed by atoms with E-state index in [1.807, 2.05) is 0 Å². The van der Waals surface area contributed by atoms with E-state index in [1.165, 1.54) is 25.0 Å². The van der Waals surface area contributed by atoms with E-state index >= 15 is 0 Å². The molecular formula is C10H8BrClS. The molecule has 0 aliphatic rings. The minimum atomic E-state index is 0.585. The van der Waals surface area contributed by atoms with E-state index in [0.29, 0.717) is 5.88 Å². The molecule has 0 saturated heterocycles. The molecule has 0 unspecified atom stereocenters. The molecule has 1 aromatic heterocycles. The molecule has 0 saturated carbocycles. The molecule has 68 valence electrons. The fraction of sp³-hybridized carbons (Fsp3) is 0.200. The van der Waals surface area contributed by atoms with Crippen LogP contribution in [0.5, 0.6) is 0 Å². The summed E-state index contributed by atoms with van der Waals surface area (Å²) in [6.07, 6.45) is 0. The molecule has 0 amide bonds. The van der Waals surface area contributed by atoms with Crippen molar-refractivity contribution >= 4 is 49.0 Å². The first-order valence-corrected chi connectivity index (χ1v) is 6.09. The van der Waals surface area contributed by atoms with Crippen LogP contribution in [0.1, 0.15) is 11.1 Å². The van der Waals surface area contributed by atoms with E-state index in [2.05, 4.69) is 41.1 Å². The van der Waals surface area contributed by atoms with E-state index in [9.17, 15) is 0 Å². The van der Waals surface area contributed by atoms with Crippen molar-refractivity contribution in [3.8, 4) is 0 Å². The van der Waals surface area contributed by atoms with Gasteiger partial charge in [0.25, 0.3) is 0 Å². The second-order valence-corrected chi connectivity index (χ2v) is 5.75. The Labute approximate surface area is 94.7 Å². The van der Waals surface area contributed by atoms with Gasteiger partial charge in [0.1, 0.15) is 0 Å². The third-order valence-corrected chi connectivity index (χ3v) is 3.85. The maximum absolute atomic E-state index is 5.88. The molecule has 0 fully saturated rings. The van der Waals surface area contributed by atoms with Gasteiger partial charge in [-0.2, -0.15) is 0 Å². The Bertz CT molecular complexity index is 447. The summed E-state index contributed by atoms with van der Waals surface area (Å²) in [7, 11) is 0. The number of fused-ring (bicyclic) bond motifs is 1. The number of aryl methyl sites for hydroxylation is 1. The molecule has 0 N–H and O–H groups in total. The predicted molar refractivity (Wildman–Crippen MR) is 63.8 cm³/mol. The van der Waals surface area contributed by atoms with Crippen LogP contribution in [-0.4, -0.2) is 0 Å². The highest BCUT2D eigenvalue weighted by Crippen LogP contribution is 2.33. The second-order valence-electron chi connectivity index (χ2n) is 3.02. The Morgan fingerprint density at radius 2 is 2.15 bits per heavy atom. The van der Waals surface area contributed by atoms with Crippen molar-refractivity contribution in [3.05, 3.63) is 33.1 Å². The molecule has 0 bridgehead atoms. The van der Waals surface area contributed by atoms with Crippen molar-refractivity contribution in [3.63, 3.8) is 0 Å². The van der Waals surface area contributed by atoms with Gasteiger partial charge in [0.2, 0.25) is 0 Å². The Balaban J connectivity index is 2.80. The van der Waals surface area contributed by atoms with Crippen molar-refractivity contribution < 1.29 is 0 Å². The van der Waals surface area contributed by atoms with Gasteiger partial charge in [-0.15, -0.1) is 22.9 Å². The lowest BCUT2D eigenvalue weighted by Gasteiger charge is -1.99.